The molecule has 0 bridgehead atoms. The predicted molar refractivity (Wildman–Crippen MR) is 200 cm³/mol. The van der Waals surface area contributed by atoms with E-state index >= 15 is 0 Å². The molecule has 270 valence electrons. The fraction of sp³-hybridized carbons (Fsp3) is 0.800. The fourth-order valence-electron chi connectivity index (χ4n) is 5.09. The maximum atomic E-state index is 11.5. The van der Waals surface area contributed by atoms with Crippen LogP contribution in [0.3, 0.4) is 0 Å². The van der Waals surface area contributed by atoms with Gasteiger partial charge >= 0.3 is 0 Å². The second-order valence-corrected chi connectivity index (χ2v) is 14.4. The molecule has 46 heavy (non-hydrogen) atoms. The Morgan fingerprint density at radius 2 is 0.870 bits per heavy atom. The van der Waals surface area contributed by atoms with E-state index in [2.05, 4.69) is 62.5 Å². The summed E-state index contributed by atoms with van der Waals surface area (Å²) in [5, 5.41) is 0. The van der Waals surface area contributed by atoms with Gasteiger partial charge in [-0.3, -0.25) is 4.18 Å². The van der Waals surface area contributed by atoms with Gasteiger partial charge in [-0.25, -0.2) is 0 Å². The zero-order valence-electron chi connectivity index (χ0n) is 30.4. The zero-order chi connectivity index (χ0) is 33.7. The highest BCUT2D eigenvalue weighted by molar-refractivity contribution is 7.85. The molecular formula is C40H74O5S. The average molecular weight is 667 g/mol. The highest BCUT2D eigenvalue weighted by Gasteiger charge is 2.13. The molecule has 0 aromatic heterocycles. The molecule has 0 rings (SSSR count). The lowest BCUT2D eigenvalue weighted by Gasteiger charge is -2.17. The van der Waals surface area contributed by atoms with Gasteiger partial charge in [0.1, 0.15) is 6.10 Å². The van der Waals surface area contributed by atoms with Gasteiger partial charge < -0.3 is 9.47 Å². The Hall–Kier alpha value is -1.21. The average Bonchev–Trinajstić information content (AvgIpc) is 3.03. The van der Waals surface area contributed by atoms with Crippen LogP contribution in [0.25, 0.3) is 0 Å². The maximum absolute atomic E-state index is 11.5. The quantitative estimate of drug-likeness (QED) is 0.0378. The number of ether oxygens (including phenoxy) is 2. The van der Waals surface area contributed by atoms with E-state index in [0.717, 1.165) is 44.8 Å². The van der Waals surface area contributed by atoms with E-state index in [9.17, 15) is 8.42 Å². The van der Waals surface area contributed by atoms with Crippen molar-refractivity contribution < 1.29 is 22.1 Å². The van der Waals surface area contributed by atoms with Crippen molar-refractivity contribution in [2.24, 2.45) is 0 Å². The molecule has 0 radical (unpaired) electrons. The minimum atomic E-state index is -3.49. The molecule has 0 aromatic carbocycles. The van der Waals surface area contributed by atoms with E-state index in [1.165, 1.54) is 116 Å². The van der Waals surface area contributed by atoms with Gasteiger partial charge in [0.25, 0.3) is 10.1 Å². The molecule has 0 heterocycles. The standard InChI is InChI=1S/C40H74O5S/c1-4-6-8-10-12-14-16-18-20-22-24-26-28-30-32-34-36-43-38-40(39-45-46(3,41)42)44-37-35-33-31-29-27-25-23-21-19-17-15-13-11-9-7-5-2/h12-15,18-21,40H,4-11,16-17,22-39H2,1-3H3. The number of hydrogen-bond donors (Lipinski definition) is 0. The van der Waals surface area contributed by atoms with Gasteiger partial charge in [-0.1, -0.05) is 140 Å². The third-order valence-electron chi connectivity index (χ3n) is 7.96. The first-order chi connectivity index (χ1) is 22.5. The largest absolute Gasteiger partial charge is 0.379 e. The van der Waals surface area contributed by atoms with Gasteiger partial charge in [0, 0.05) is 13.2 Å². The van der Waals surface area contributed by atoms with Gasteiger partial charge in [-0.15, -0.1) is 0 Å². The topological polar surface area (TPSA) is 61.8 Å². The molecule has 0 spiro atoms. The van der Waals surface area contributed by atoms with Crippen molar-refractivity contribution in [1.29, 1.82) is 0 Å². The molecule has 0 N–H and O–H groups in total. The SMILES string of the molecule is CCCCCC=CCC=CCCCCCCCCOCC(COS(C)(=O)=O)OCCCCCCCCC=CCC=CCCCCC. The van der Waals surface area contributed by atoms with Crippen LogP contribution in [-0.2, 0) is 23.8 Å². The molecule has 0 aromatic rings. The third-order valence-corrected chi connectivity index (χ3v) is 8.52. The number of unbranched alkanes of at least 4 members (excludes halogenated alkanes) is 18. The summed E-state index contributed by atoms with van der Waals surface area (Å²) in [6.07, 6.45) is 48.3. The van der Waals surface area contributed by atoms with Crippen molar-refractivity contribution in [3.05, 3.63) is 48.6 Å². The van der Waals surface area contributed by atoms with Crippen molar-refractivity contribution in [2.45, 2.75) is 174 Å². The summed E-state index contributed by atoms with van der Waals surface area (Å²) < 4.78 is 39.8. The Labute approximate surface area is 286 Å². The van der Waals surface area contributed by atoms with E-state index in [-0.39, 0.29) is 12.7 Å². The third kappa shape index (κ3) is 39.0. The number of hydrogen-bond acceptors (Lipinski definition) is 5. The van der Waals surface area contributed by atoms with Gasteiger partial charge in [0.15, 0.2) is 0 Å². The van der Waals surface area contributed by atoms with Gasteiger partial charge in [-0.05, 0) is 77.0 Å². The van der Waals surface area contributed by atoms with Crippen LogP contribution in [-0.4, -0.2) is 47.2 Å². The van der Waals surface area contributed by atoms with Crippen LogP contribution in [0, 0.1) is 0 Å². The Morgan fingerprint density at radius 3 is 1.30 bits per heavy atom. The molecular weight excluding hydrogens is 593 g/mol. The Balaban J connectivity index is 3.76. The van der Waals surface area contributed by atoms with Gasteiger partial charge in [0.05, 0.1) is 19.5 Å². The Kier molecular flexibility index (Phi) is 35.7. The molecule has 0 aliphatic rings. The van der Waals surface area contributed by atoms with Gasteiger partial charge in [0.2, 0.25) is 0 Å². The normalized spacial score (nSPS) is 13.4. The second-order valence-electron chi connectivity index (χ2n) is 12.7. The van der Waals surface area contributed by atoms with E-state index in [4.69, 9.17) is 13.7 Å². The monoisotopic (exact) mass is 667 g/mol. The summed E-state index contributed by atoms with van der Waals surface area (Å²) in [5.41, 5.74) is 0. The molecule has 0 saturated carbocycles. The summed E-state index contributed by atoms with van der Waals surface area (Å²) in [7, 11) is -3.49. The summed E-state index contributed by atoms with van der Waals surface area (Å²) in [5.74, 6) is 0. The minimum Gasteiger partial charge on any atom is -0.379 e. The van der Waals surface area contributed by atoms with Crippen LogP contribution in [0.5, 0.6) is 0 Å². The van der Waals surface area contributed by atoms with Crippen molar-refractivity contribution >= 4 is 10.1 Å². The first kappa shape index (κ1) is 44.8. The van der Waals surface area contributed by atoms with Crippen molar-refractivity contribution in [3.8, 4) is 0 Å². The maximum Gasteiger partial charge on any atom is 0.264 e. The smallest absolute Gasteiger partial charge is 0.264 e. The van der Waals surface area contributed by atoms with Gasteiger partial charge in [-0.2, -0.15) is 8.42 Å². The summed E-state index contributed by atoms with van der Waals surface area (Å²) >= 11 is 0. The molecule has 0 aliphatic carbocycles. The van der Waals surface area contributed by atoms with Crippen LogP contribution < -0.4 is 0 Å². The molecule has 1 atom stereocenters. The van der Waals surface area contributed by atoms with Crippen LogP contribution >= 0.6 is 0 Å². The van der Waals surface area contributed by atoms with Crippen molar-refractivity contribution in [3.63, 3.8) is 0 Å². The molecule has 1 unspecified atom stereocenters. The summed E-state index contributed by atoms with van der Waals surface area (Å²) in [4.78, 5) is 0. The first-order valence-electron chi connectivity index (χ1n) is 19.1. The molecule has 6 heteroatoms. The first-order valence-corrected chi connectivity index (χ1v) is 20.9. The van der Waals surface area contributed by atoms with Crippen LogP contribution in [0.15, 0.2) is 48.6 Å². The van der Waals surface area contributed by atoms with Crippen LogP contribution in [0.2, 0.25) is 0 Å². The molecule has 0 fully saturated rings. The second kappa shape index (κ2) is 36.6. The Morgan fingerprint density at radius 1 is 0.478 bits per heavy atom. The van der Waals surface area contributed by atoms with E-state index in [1.807, 2.05) is 0 Å². The Bertz CT molecular complexity index is 831. The van der Waals surface area contributed by atoms with E-state index < -0.39 is 10.1 Å². The highest BCUT2D eigenvalue weighted by Crippen LogP contribution is 2.11. The predicted octanol–water partition coefficient (Wildman–Crippen LogP) is 12.0. The minimum absolute atomic E-state index is 0.0185. The van der Waals surface area contributed by atoms with E-state index in [0.29, 0.717) is 19.8 Å². The molecule has 0 amide bonds. The molecule has 0 aliphatic heterocycles. The lowest BCUT2D eigenvalue weighted by Crippen LogP contribution is -2.27. The van der Waals surface area contributed by atoms with Crippen molar-refractivity contribution in [1.82, 2.24) is 0 Å². The lowest BCUT2D eigenvalue weighted by molar-refractivity contribution is -0.0377. The van der Waals surface area contributed by atoms with E-state index in [1.54, 1.807) is 0 Å². The summed E-state index contributed by atoms with van der Waals surface area (Å²) in [6.45, 7) is 6.18. The number of allylic oxidation sites excluding steroid dienone is 8. The highest BCUT2D eigenvalue weighted by atomic mass is 32.2. The molecule has 0 saturated heterocycles. The molecule has 5 nitrogen and oxygen atoms in total. The van der Waals surface area contributed by atoms with Crippen LogP contribution in [0.1, 0.15) is 168 Å². The van der Waals surface area contributed by atoms with Crippen molar-refractivity contribution in [2.75, 3.05) is 32.7 Å². The zero-order valence-corrected chi connectivity index (χ0v) is 31.3. The van der Waals surface area contributed by atoms with Crippen LogP contribution in [0.4, 0.5) is 0 Å². The lowest BCUT2D eigenvalue weighted by atomic mass is 10.1. The summed E-state index contributed by atoms with van der Waals surface area (Å²) in [6, 6.07) is 0. The fourth-order valence-corrected chi connectivity index (χ4v) is 5.49. The number of rotatable bonds is 36.